The monoisotopic (exact) mass is 332 g/mol. The summed E-state index contributed by atoms with van der Waals surface area (Å²) in [6, 6.07) is 7.07. The number of anilines is 1. The number of nitrogens with one attached hydrogen (secondary N) is 2. The van der Waals surface area contributed by atoms with Crippen LogP contribution in [0.1, 0.15) is 0 Å². The maximum absolute atomic E-state index is 12.0. The van der Waals surface area contributed by atoms with E-state index in [1.165, 1.54) is 4.52 Å². The summed E-state index contributed by atoms with van der Waals surface area (Å²) in [6.07, 6.45) is 1.12. The number of carbonyl (C=O) groups is 1. The molecule has 0 aliphatic heterocycles. The number of aromatic amines is 1. The number of rotatable bonds is 5. The van der Waals surface area contributed by atoms with E-state index in [1.807, 2.05) is 0 Å². The zero-order valence-corrected chi connectivity index (χ0v) is 12.8. The Kier molecular flexibility index (Phi) is 4.24. The Morgan fingerprint density at radius 2 is 2.30 bits per heavy atom. The van der Waals surface area contributed by atoms with Gasteiger partial charge in [0.2, 0.25) is 11.1 Å². The molecule has 0 fully saturated rings. The minimum absolute atomic E-state index is 0.124. The van der Waals surface area contributed by atoms with Crippen molar-refractivity contribution in [2.75, 3.05) is 18.2 Å². The molecule has 23 heavy (non-hydrogen) atoms. The van der Waals surface area contributed by atoms with Crippen LogP contribution in [0.4, 0.5) is 5.69 Å². The van der Waals surface area contributed by atoms with Crippen molar-refractivity contribution in [3.63, 3.8) is 0 Å². The Morgan fingerprint density at radius 1 is 1.43 bits per heavy atom. The quantitative estimate of drug-likeness (QED) is 0.656. The normalized spacial score (nSPS) is 10.7. The van der Waals surface area contributed by atoms with E-state index in [1.54, 1.807) is 31.4 Å². The smallest absolute Gasteiger partial charge is 0.271 e. The fraction of sp³-hybridized carbons (Fsp3) is 0.154. The summed E-state index contributed by atoms with van der Waals surface area (Å²) in [4.78, 5) is 25.6. The first-order valence-corrected chi connectivity index (χ1v) is 7.52. The maximum Gasteiger partial charge on any atom is 0.271 e. The fourth-order valence-corrected chi connectivity index (χ4v) is 2.50. The number of fused-ring (bicyclic) bond motifs is 1. The van der Waals surface area contributed by atoms with Crippen LogP contribution in [0.3, 0.4) is 0 Å². The number of carbonyl (C=O) groups excluding carboxylic acids is 1. The summed E-state index contributed by atoms with van der Waals surface area (Å²) < 4.78 is 6.46. The lowest BCUT2D eigenvalue weighted by molar-refractivity contribution is -0.113. The number of aromatic nitrogens is 5. The van der Waals surface area contributed by atoms with Crippen LogP contribution in [-0.2, 0) is 4.79 Å². The molecule has 0 spiro atoms. The van der Waals surface area contributed by atoms with Crippen LogP contribution < -0.4 is 15.6 Å². The standard InChI is InChI=1S/C13H12N6O3S/c1-22-9-4-2-3-8(5-9)15-11(21)7-23-13-18-17-12-16-10(20)6-14-19(12)13/h2-6H,7H2,1H3,(H,15,21)(H,16,17,20). The maximum atomic E-state index is 12.0. The molecule has 3 aromatic rings. The van der Waals surface area contributed by atoms with E-state index in [2.05, 4.69) is 25.6 Å². The van der Waals surface area contributed by atoms with Crippen LogP contribution in [0.2, 0.25) is 0 Å². The van der Waals surface area contributed by atoms with Gasteiger partial charge in [-0.15, -0.1) is 10.2 Å². The molecule has 0 aliphatic rings. The minimum Gasteiger partial charge on any atom is -0.497 e. The van der Waals surface area contributed by atoms with Crippen LogP contribution >= 0.6 is 11.8 Å². The Bertz CT molecular complexity index is 906. The molecule has 10 heteroatoms. The van der Waals surface area contributed by atoms with Crippen molar-refractivity contribution in [2.45, 2.75) is 5.16 Å². The minimum atomic E-state index is -0.364. The van der Waals surface area contributed by atoms with Gasteiger partial charge >= 0.3 is 0 Å². The van der Waals surface area contributed by atoms with Gasteiger partial charge in [-0.05, 0) is 12.1 Å². The van der Waals surface area contributed by atoms with Gasteiger partial charge in [0.25, 0.3) is 11.3 Å². The molecular formula is C13H12N6O3S. The number of amides is 1. The number of methoxy groups -OCH3 is 1. The van der Waals surface area contributed by atoms with Gasteiger partial charge in [-0.1, -0.05) is 17.8 Å². The number of hydrogen-bond acceptors (Lipinski definition) is 7. The fourth-order valence-electron chi connectivity index (χ4n) is 1.82. The van der Waals surface area contributed by atoms with E-state index >= 15 is 0 Å². The second kappa shape index (κ2) is 6.48. The van der Waals surface area contributed by atoms with E-state index in [0.717, 1.165) is 18.0 Å². The third-order valence-electron chi connectivity index (χ3n) is 2.82. The molecule has 118 valence electrons. The van der Waals surface area contributed by atoms with E-state index in [0.29, 0.717) is 16.6 Å². The van der Waals surface area contributed by atoms with Crippen molar-refractivity contribution < 1.29 is 9.53 Å². The van der Waals surface area contributed by atoms with E-state index < -0.39 is 0 Å². The second-order valence-corrected chi connectivity index (χ2v) is 5.36. The molecule has 0 saturated heterocycles. The van der Waals surface area contributed by atoms with Crippen LogP contribution in [0.15, 0.2) is 40.4 Å². The molecule has 2 aromatic heterocycles. The molecule has 1 amide bonds. The van der Waals surface area contributed by atoms with Gasteiger partial charge in [-0.3, -0.25) is 14.6 Å². The van der Waals surface area contributed by atoms with Gasteiger partial charge < -0.3 is 10.1 Å². The first-order valence-electron chi connectivity index (χ1n) is 6.53. The number of hydrogen-bond donors (Lipinski definition) is 2. The molecule has 0 saturated carbocycles. The summed E-state index contributed by atoms with van der Waals surface area (Å²) in [6.45, 7) is 0. The van der Waals surface area contributed by atoms with Gasteiger partial charge in [-0.2, -0.15) is 9.61 Å². The van der Waals surface area contributed by atoms with Crippen molar-refractivity contribution in [1.29, 1.82) is 0 Å². The molecule has 2 heterocycles. The molecule has 9 nitrogen and oxygen atoms in total. The summed E-state index contributed by atoms with van der Waals surface area (Å²) in [5.41, 5.74) is 0.278. The van der Waals surface area contributed by atoms with Crippen LogP contribution in [0.5, 0.6) is 5.75 Å². The van der Waals surface area contributed by atoms with E-state index in [9.17, 15) is 9.59 Å². The molecule has 3 rings (SSSR count). The van der Waals surface area contributed by atoms with Crippen LogP contribution in [0, 0.1) is 0 Å². The molecule has 0 unspecified atom stereocenters. The third-order valence-corrected chi connectivity index (χ3v) is 3.74. The lowest BCUT2D eigenvalue weighted by Gasteiger charge is -2.06. The highest BCUT2D eigenvalue weighted by molar-refractivity contribution is 7.99. The lowest BCUT2D eigenvalue weighted by Crippen LogP contribution is -2.14. The highest BCUT2D eigenvalue weighted by atomic mass is 32.2. The molecule has 0 aliphatic carbocycles. The average Bonchev–Trinajstić information content (AvgIpc) is 2.95. The Labute approximate surface area is 134 Å². The van der Waals surface area contributed by atoms with E-state index in [4.69, 9.17) is 4.74 Å². The van der Waals surface area contributed by atoms with Crippen LogP contribution in [-0.4, -0.2) is 43.6 Å². The van der Waals surface area contributed by atoms with Gasteiger partial charge in [-0.25, -0.2) is 0 Å². The van der Waals surface area contributed by atoms with Gasteiger partial charge in [0, 0.05) is 11.8 Å². The number of H-pyrrole nitrogens is 1. The van der Waals surface area contributed by atoms with Gasteiger partial charge in [0.1, 0.15) is 11.9 Å². The number of benzene rings is 1. The van der Waals surface area contributed by atoms with Crippen molar-refractivity contribution >= 4 is 29.1 Å². The first kappa shape index (κ1) is 15.0. The molecule has 0 atom stereocenters. The van der Waals surface area contributed by atoms with Crippen LogP contribution in [0.25, 0.3) is 5.78 Å². The zero-order valence-electron chi connectivity index (χ0n) is 12.0. The summed E-state index contributed by atoms with van der Waals surface area (Å²) in [5.74, 6) is 0.809. The van der Waals surface area contributed by atoms with Crippen molar-refractivity contribution in [2.24, 2.45) is 0 Å². The summed E-state index contributed by atoms with van der Waals surface area (Å²) in [7, 11) is 1.56. The number of ether oxygens (including phenoxy) is 1. The van der Waals surface area contributed by atoms with Gasteiger partial charge in [0.15, 0.2) is 0 Å². The molecule has 1 aromatic carbocycles. The van der Waals surface area contributed by atoms with Crippen molar-refractivity contribution in [3.8, 4) is 5.75 Å². The second-order valence-electron chi connectivity index (χ2n) is 4.42. The Hall–Kier alpha value is -2.88. The number of thioether (sulfide) groups is 1. The molecular weight excluding hydrogens is 320 g/mol. The lowest BCUT2D eigenvalue weighted by atomic mass is 10.3. The summed E-state index contributed by atoms with van der Waals surface area (Å²) >= 11 is 1.16. The molecule has 2 N–H and O–H groups in total. The van der Waals surface area contributed by atoms with Crippen molar-refractivity contribution in [3.05, 3.63) is 40.8 Å². The van der Waals surface area contributed by atoms with Gasteiger partial charge in [0.05, 0.1) is 12.9 Å². The molecule has 0 radical (unpaired) electrons. The molecule has 0 bridgehead atoms. The highest BCUT2D eigenvalue weighted by Crippen LogP contribution is 2.18. The highest BCUT2D eigenvalue weighted by Gasteiger charge is 2.11. The topological polar surface area (TPSA) is 114 Å². The number of nitrogens with zero attached hydrogens (tertiary/aromatic N) is 4. The predicted octanol–water partition coefficient (Wildman–Crippen LogP) is 0.552. The Balaban J connectivity index is 1.65. The zero-order chi connectivity index (χ0) is 16.2. The van der Waals surface area contributed by atoms with Crippen molar-refractivity contribution in [1.82, 2.24) is 24.8 Å². The largest absolute Gasteiger partial charge is 0.497 e. The third kappa shape index (κ3) is 3.48. The predicted molar refractivity (Wildman–Crippen MR) is 83.8 cm³/mol. The summed E-state index contributed by atoms with van der Waals surface area (Å²) in [5, 5.41) is 14.8. The average molecular weight is 332 g/mol. The first-order chi connectivity index (χ1) is 11.2. The van der Waals surface area contributed by atoms with E-state index in [-0.39, 0.29) is 23.0 Å². The SMILES string of the molecule is COc1cccc(NC(=O)CSc2nnc3[nH]c(=O)cnn23)c1. The Morgan fingerprint density at radius 3 is 3.13 bits per heavy atom.